The van der Waals surface area contributed by atoms with Crippen molar-refractivity contribution < 1.29 is 4.42 Å². The van der Waals surface area contributed by atoms with E-state index in [0.29, 0.717) is 0 Å². The topological polar surface area (TPSA) is 31.8 Å². The maximum Gasteiger partial charge on any atom is 0.295 e. The highest BCUT2D eigenvalue weighted by Crippen LogP contribution is 2.40. The van der Waals surface area contributed by atoms with Crippen LogP contribution in [0, 0.1) is 27.7 Å². The molecule has 4 aromatic heterocycles. The van der Waals surface area contributed by atoms with Gasteiger partial charge in [-0.15, -0.1) is 0 Å². The van der Waals surface area contributed by atoms with Gasteiger partial charge in [-0.25, -0.2) is 0 Å². The van der Waals surface area contributed by atoms with E-state index in [0.717, 1.165) is 44.7 Å². The second-order valence-electron chi connectivity index (χ2n) is 19.1. The summed E-state index contributed by atoms with van der Waals surface area (Å²) >= 11 is 0. The number of hydrogen-bond acceptors (Lipinski definition) is 1. The minimum Gasteiger partial charge on any atom is -0.465 e. The molecule has 7 heteroatoms. The van der Waals surface area contributed by atoms with E-state index >= 15 is 0 Å². The molecule has 0 aliphatic carbocycles. The van der Waals surface area contributed by atoms with Gasteiger partial charge in [0, 0.05) is 27.5 Å². The number of rotatable bonds is 3. The predicted octanol–water partition coefficient (Wildman–Crippen LogP) is 9.13. The molecular weight excluding hydrogens is 766 g/mol. The van der Waals surface area contributed by atoms with Gasteiger partial charge in [0.05, 0.1) is 22.1 Å². The van der Waals surface area contributed by atoms with Crippen molar-refractivity contribution in [2.24, 2.45) is 0 Å². The van der Waals surface area contributed by atoms with Crippen LogP contribution in [-0.2, 0) is 5.41 Å². The van der Waals surface area contributed by atoms with Crippen LogP contribution < -0.4 is 33.0 Å². The molecule has 302 valence electrons. The van der Waals surface area contributed by atoms with Crippen molar-refractivity contribution >= 4 is 102 Å². The van der Waals surface area contributed by atoms with E-state index in [9.17, 15) is 0 Å². The van der Waals surface area contributed by atoms with Crippen molar-refractivity contribution in [3.8, 4) is 11.4 Å². The minimum absolute atomic E-state index is 0.0434. The van der Waals surface area contributed by atoms with Crippen LogP contribution >= 0.6 is 0 Å². The highest BCUT2D eigenvalue weighted by Gasteiger charge is 2.43. The number of para-hydroxylation sites is 5. The van der Waals surface area contributed by atoms with E-state index in [1.54, 1.807) is 0 Å². The predicted molar refractivity (Wildman–Crippen MR) is 267 cm³/mol. The zero-order valence-corrected chi connectivity index (χ0v) is 36.8. The quantitative estimate of drug-likeness (QED) is 0.164. The summed E-state index contributed by atoms with van der Waals surface area (Å²) in [4.78, 5) is 0. The Balaban J connectivity index is 1.43. The van der Waals surface area contributed by atoms with E-state index in [-0.39, 0.29) is 18.8 Å². The Morgan fingerprint density at radius 3 is 1.83 bits per heavy atom. The highest BCUT2D eigenvalue weighted by atomic mass is 16.3. The van der Waals surface area contributed by atoms with Gasteiger partial charge in [0.2, 0.25) is 6.71 Å². The number of hydrogen-bond donors (Lipinski definition) is 0. The zero-order chi connectivity index (χ0) is 42.6. The summed E-state index contributed by atoms with van der Waals surface area (Å²) in [6.45, 7) is 16.0. The Morgan fingerprint density at radius 1 is 0.508 bits per heavy atom. The third-order valence-electron chi connectivity index (χ3n) is 14.4. The van der Waals surface area contributed by atoms with E-state index in [1.165, 1.54) is 82.5 Å². The Bertz CT molecular complexity index is 3860. The van der Waals surface area contributed by atoms with Crippen molar-refractivity contribution in [3.63, 3.8) is 0 Å². The molecule has 6 heterocycles. The summed E-state index contributed by atoms with van der Waals surface area (Å²) in [6.07, 6.45) is 0. The largest absolute Gasteiger partial charge is 0.465 e. The fourth-order valence-corrected chi connectivity index (χ4v) is 11.7. The smallest absolute Gasteiger partial charge is 0.295 e. The van der Waals surface area contributed by atoms with Crippen molar-refractivity contribution in [3.05, 3.63) is 179 Å². The first-order valence-corrected chi connectivity index (χ1v) is 22.4. The molecular formula is C56H46B2N4O. The summed E-state index contributed by atoms with van der Waals surface area (Å²) in [6, 6.07) is 54.1. The lowest BCUT2D eigenvalue weighted by Crippen LogP contribution is -2.64. The Labute approximate surface area is 367 Å². The normalized spacial score (nSPS) is 13.4. The number of aryl methyl sites for hydroxylation is 4. The summed E-state index contributed by atoms with van der Waals surface area (Å²) in [7, 11) is 0. The van der Waals surface area contributed by atoms with E-state index in [2.05, 4.69) is 218 Å². The molecule has 13 rings (SSSR count). The number of nitrogens with zero attached hydrogens (tertiary/aromatic N) is 4. The van der Waals surface area contributed by atoms with E-state index < -0.39 is 0 Å². The van der Waals surface area contributed by atoms with Gasteiger partial charge in [-0.1, -0.05) is 175 Å². The van der Waals surface area contributed by atoms with Gasteiger partial charge in [0.15, 0.2) is 5.65 Å². The van der Waals surface area contributed by atoms with Crippen LogP contribution in [0.5, 0.6) is 0 Å². The van der Waals surface area contributed by atoms with Gasteiger partial charge in [-0.2, -0.15) is 0 Å². The summed E-state index contributed by atoms with van der Waals surface area (Å²) < 4.78 is 17.8. The van der Waals surface area contributed by atoms with Crippen LogP contribution in [-0.4, -0.2) is 31.4 Å². The van der Waals surface area contributed by atoms with Crippen molar-refractivity contribution in [2.45, 2.75) is 53.9 Å². The molecule has 0 bridgehead atoms. The fraction of sp³-hybridized carbons (Fsp3) is 0.143. The summed E-state index contributed by atoms with van der Waals surface area (Å²) in [5, 5.41) is 3.71. The first-order chi connectivity index (χ1) is 30.6. The molecule has 0 atom stereocenters. The Morgan fingerprint density at radius 2 is 1.10 bits per heavy atom. The molecule has 0 amide bonds. The monoisotopic (exact) mass is 812 g/mol. The van der Waals surface area contributed by atoms with Crippen LogP contribution in [0.1, 0.15) is 48.6 Å². The summed E-state index contributed by atoms with van der Waals surface area (Å²) in [5.41, 5.74) is 23.6. The van der Waals surface area contributed by atoms with Gasteiger partial charge >= 0.3 is 0 Å². The van der Waals surface area contributed by atoms with E-state index in [1.807, 2.05) is 0 Å². The second kappa shape index (κ2) is 12.7. The molecule has 0 fully saturated rings. The molecule has 0 spiro atoms. The fourth-order valence-electron chi connectivity index (χ4n) is 11.7. The average molecular weight is 813 g/mol. The van der Waals surface area contributed by atoms with Crippen LogP contribution in [0.2, 0.25) is 0 Å². The van der Waals surface area contributed by atoms with Crippen LogP contribution in [0.3, 0.4) is 0 Å². The highest BCUT2D eigenvalue weighted by molar-refractivity contribution is 7.00. The first-order valence-electron chi connectivity index (χ1n) is 22.4. The van der Waals surface area contributed by atoms with Crippen molar-refractivity contribution in [1.29, 1.82) is 0 Å². The lowest BCUT2D eigenvalue weighted by molar-refractivity contribution is 0.591. The zero-order valence-electron chi connectivity index (χ0n) is 36.8. The molecule has 0 unspecified atom stereocenters. The molecule has 0 saturated heterocycles. The Hall–Kier alpha value is -7.11. The third kappa shape index (κ3) is 4.80. The molecule has 0 saturated carbocycles. The number of aromatic nitrogens is 4. The first kappa shape index (κ1) is 36.5. The molecule has 7 aromatic carbocycles. The number of fused-ring (bicyclic) bond motifs is 9. The third-order valence-corrected chi connectivity index (χ3v) is 14.4. The average Bonchev–Trinajstić information content (AvgIpc) is 3.75. The van der Waals surface area contributed by atoms with Gasteiger partial charge < -0.3 is 4.42 Å². The van der Waals surface area contributed by atoms with Crippen LogP contribution in [0.4, 0.5) is 0 Å². The standard InChI is InChI=1S/C56H46B2N4O/c1-33-18-15-19-34(2)48(33)57-32-47-59(38-22-9-8-10-23-38)54-51(41-26-17-25-40-39-24-11-12-27-44(39)60(54)50(40)41)61-45-28-13-14-29-46(45)63-53-55(61)62(47)52-42(57)30-37(56(5,6)7)31-43(52)58(53)49-35(3)20-16-21-36(49)4/h8-32H,1-7H3. The lowest BCUT2D eigenvalue weighted by Gasteiger charge is -2.36. The minimum atomic E-state index is -0.188. The molecule has 2 aliphatic rings. The molecule has 5 nitrogen and oxygen atoms in total. The Kier molecular flexibility index (Phi) is 7.38. The van der Waals surface area contributed by atoms with Crippen LogP contribution in [0.25, 0.3) is 72.5 Å². The SMILES string of the molecule is Cc1cccc(C)c1B1C=c2n3c4c(oc5ccccc5n4c4c5cccc6c7ccccc7n(c65)c4n2-c2ccccc2)B(c2c(C)cccc2C)c2cc(C(C)(C)C)cc1c2-3. The maximum atomic E-state index is 7.56. The van der Waals surface area contributed by atoms with Gasteiger partial charge in [0.1, 0.15) is 22.4 Å². The number of benzene rings is 7. The second-order valence-corrected chi connectivity index (χ2v) is 19.1. The van der Waals surface area contributed by atoms with Crippen molar-refractivity contribution in [2.75, 3.05) is 0 Å². The molecule has 0 radical (unpaired) electrons. The van der Waals surface area contributed by atoms with Crippen molar-refractivity contribution in [1.82, 2.24) is 17.9 Å². The molecule has 63 heavy (non-hydrogen) atoms. The molecule has 0 N–H and O–H groups in total. The molecule has 2 aliphatic heterocycles. The van der Waals surface area contributed by atoms with E-state index in [4.69, 9.17) is 4.42 Å². The molecule has 11 aromatic rings. The van der Waals surface area contributed by atoms with Crippen LogP contribution in [0.15, 0.2) is 150 Å². The van der Waals surface area contributed by atoms with Gasteiger partial charge in [-0.3, -0.25) is 17.9 Å². The summed E-state index contributed by atoms with van der Waals surface area (Å²) in [5.74, 6) is 2.57. The van der Waals surface area contributed by atoms with Gasteiger partial charge in [0.25, 0.3) is 6.71 Å². The maximum absolute atomic E-state index is 7.56. The van der Waals surface area contributed by atoms with Gasteiger partial charge in [-0.05, 0) is 79.9 Å². The lowest BCUT2D eigenvalue weighted by atomic mass is 9.33.